The first-order chi connectivity index (χ1) is 7.24. The van der Waals surface area contributed by atoms with Crippen molar-refractivity contribution in [3.05, 3.63) is 28.2 Å². The van der Waals surface area contributed by atoms with Gasteiger partial charge in [-0.05, 0) is 33.6 Å². The molecule has 0 fully saturated rings. The molecule has 6 N–H and O–H groups in total. The molecule has 1 aromatic carbocycles. The fourth-order valence-corrected chi connectivity index (χ4v) is 0.991. The minimum absolute atomic E-state index is 0.194. The maximum absolute atomic E-state index is 9.18. The zero-order valence-corrected chi connectivity index (χ0v) is 10.4. The van der Waals surface area contributed by atoms with E-state index in [-0.39, 0.29) is 5.75 Å². The molecule has 0 aromatic heterocycles. The second-order valence-electron chi connectivity index (χ2n) is 2.61. The Kier molecular flexibility index (Phi) is 6.77. The van der Waals surface area contributed by atoms with Gasteiger partial charge in [0.25, 0.3) is 0 Å². The molecular weight excluding hydrogens is 305 g/mol. The van der Waals surface area contributed by atoms with Gasteiger partial charge in [0.05, 0.1) is 11.1 Å². The van der Waals surface area contributed by atoms with Gasteiger partial charge >= 0.3 is 7.82 Å². The SMILES string of the molecule is NOCc1ccc(Br)c(O)c1.O=P(O)(O)O. The lowest BCUT2D eigenvalue weighted by molar-refractivity contribution is 0.124. The molecule has 92 valence electrons. The Morgan fingerprint density at radius 3 is 2.25 bits per heavy atom. The minimum Gasteiger partial charge on any atom is -0.507 e. The van der Waals surface area contributed by atoms with Crippen molar-refractivity contribution in [3.8, 4) is 5.75 Å². The van der Waals surface area contributed by atoms with Crippen molar-refractivity contribution >= 4 is 23.8 Å². The third-order valence-electron chi connectivity index (χ3n) is 1.26. The van der Waals surface area contributed by atoms with E-state index in [9.17, 15) is 5.11 Å². The molecule has 0 bridgehead atoms. The molecule has 0 heterocycles. The highest BCUT2D eigenvalue weighted by atomic mass is 79.9. The predicted molar refractivity (Wildman–Crippen MR) is 59.0 cm³/mol. The Morgan fingerprint density at radius 1 is 1.38 bits per heavy atom. The highest BCUT2D eigenvalue weighted by molar-refractivity contribution is 9.10. The molecule has 0 aliphatic heterocycles. The third kappa shape index (κ3) is 8.81. The zero-order valence-electron chi connectivity index (χ0n) is 7.95. The molecule has 0 unspecified atom stereocenters. The molecule has 0 amide bonds. The number of nitrogens with two attached hydrogens (primary N) is 1. The van der Waals surface area contributed by atoms with E-state index < -0.39 is 7.82 Å². The van der Waals surface area contributed by atoms with E-state index in [0.717, 1.165) is 5.56 Å². The van der Waals surface area contributed by atoms with Gasteiger partial charge in [-0.25, -0.2) is 10.5 Å². The summed E-state index contributed by atoms with van der Waals surface area (Å²) in [5, 5.41) is 9.18. The van der Waals surface area contributed by atoms with Gasteiger partial charge in [0.1, 0.15) is 5.75 Å². The van der Waals surface area contributed by atoms with Gasteiger partial charge in [-0.2, -0.15) is 0 Å². The molecule has 7 nitrogen and oxygen atoms in total. The lowest BCUT2D eigenvalue weighted by Gasteiger charge is -2.00. The van der Waals surface area contributed by atoms with E-state index in [1.807, 2.05) is 6.07 Å². The summed E-state index contributed by atoms with van der Waals surface area (Å²) in [6, 6.07) is 5.15. The largest absolute Gasteiger partial charge is 0.507 e. The van der Waals surface area contributed by atoms with E-state index >= 15 is 0 Å². The van der Waals surface area contributed by atoms with Crippen LogP contribution in [-0.4, -0.2) is 19.8 Å². The smallest absolute Gasteiger partial charge is 0.466 e. The van der Waals surface area contributed by atoms with Gasteiger partial charge in [-0.1, -0.05) is 6.07 Å². The van der Waals surface area contributed by atoms with Crippen LogP contribution in [-0.2, 0) is 16.0 Å². The molecule has 0 aliphatic rings. The summed E-state index contributed by atoms with van der Waals surface area (Å²) >= 11 is 3.16. The van der Waals surface area contributed by atoms with Crippen molar-refractivity contribution in [2.24, 2.45) is 5.90 Å². The van der Waals surface area contributed by atoms with Crippen molar-refractivity contribution in [1.29, 1.82) is 0 Å². The molecule has 0 saturated heterocycles. The maximum atomic E-state index is 9.18. The first-order valence-electron chi connectivity index (χ1n) is 3.81. The normalized spacial score (nSPS) is 10.6. The number of hydrogen-bond donors (Lipinski definition) is 5. The standard InChI is InChI=1S/C7H8BrNO2.H3O4P/c8-6-2-1-5(4-11-9)3-7(6)10;1-5(2,3)4/h1-3,10H,4,9H2;(H3,1,2,3,4). The Balaban J connectivity index is 0.000000385. The highest BCUT2D eigenvalue weighted by Gasteiger charge is 2.00. The lowest BCUT2D eigenvalue weighted by Crippen LogP contribution is -1.98. The topological polar surface area (TPSA) is 133 Å². The van der Waals surface area contributed by atoms with Crippen LogP contribution >= 0.6 is 23.8 Å². The molecule has 0 radical (unpaired) electrons. The van der Waals surface area contributed by atoms with Gasteiger partial charge in [-0.15, -0.1) is 0 Å². The number of phosphoric acid groups is 1. The van der Waals surface area contributed by atoms with Crippen LogP contribution in [0.25, 0.3) is 0 Å². The first-order valence-corrected chi connectivity index (χ1v) is 6.17. The fraction of sp³-hybridized carbons (Fsp3) is 0.143. The number of halogens is 1. The summed E-state index contributed by atoms with van der Waals surface area (Å²) in [7, 11) is -4.64. The van der Waals surface area contributed by atoms with Crippen LogP contribution in [0, 0.1) is 0 Å². The summed E-state index contributed by atoms with van der Waals surface area (Å²) in [5.41, 5.74) is 0.841. The summed E-state index contributed by atoms with van der Waals surface area (Å²) in [6.45, 7) is 0.306. The molecule has 0 spiro atoms. The van der Waals surface area contributed by atoms with Gasteiger partial charge in [-0.3, -0.25) is 4.84 Å². The molecule has 0 saturated carbocycles. The van der Waals surface area contributed by atoms with E-state index in [4.69, 9.17) is 25.1 Å². The summed E-state index contributed by atoms with van der Waals surface area (Å²) in [4.78, 5) is 26.0. The average Bonchev–Trinajstić information content (AvgIpc) is 2.09. The Labute approximate surface area is 99.8 Å². The van der Waals surface area contributed by atoms with E-state index in [2.05, 4.69) is 20.8 Å². The quantitative estimate of drug-likeness (QED) is 0.399. The summed E-state index contributed by atoms with van der Waals surface area (Å²) in [6.07, 6.45) is 0. The molecular formula is C7H11BrNO6P. The molecule has 0 aliphatic carbocycles. The zero-order chi connectivity index (χ0) is 12.8. The monoisotopic (exact) mass is 315 g/mol. The van der Waals surface area contributed by atoms with E-state index in [0.29, 0.717) is 11.1 Å². The van der Waals surface area contributed by atoms with Crippen LogP contribution in [0.15, 0.2) is 22.7 Å². The Morgan fingerprint density at radius 2 is 1.88 bits per heavy atom. The second kappa shape index (κ2) is 6.97. The molecule has 9 heteroatoms. The number of phenolic OH excluding ortho intramolecular Hbond substituents is 1. The van der Waals surface area contributed by atoms with Crippen molar-refractivity contribution in [3.63, 3.8) is 0 Å². The van der Waals surface area contributed by atoms with Gasteiger partial charge in [0.2, 0.25) is 0 Å². The maximum Gasteiger partial charge on any atom is 0.466 e. The van der Waals surface area contributed by atoms with Crippen LogP contribution in [0.5, 0.6) is 5.75 Å². The predicted octanol–water partition coefficient (Wildman–Crippen LogP) is 0.616. The van der Waals surface area contributed by atoms with E-state index in [1.165, 1.54) is 0 Å². The van der Waals surface area contributed by atoms with Crippen molar-refractivity contribution in [1.82, 2.24) is 0 Å². The van der Waals surface area contributed by atoms with Crippen LogP contribution in [0.4, 0.5) is 0 Å². The van der Waals surface area contributed by atoms with Crippen LogP contribution in [0.1, 0.15) is 5.56 Å². The summed E-state index contributed by atoms with van der Waals surface area (Å²) in [5.74, 6) is 5.05. The van der Waals surface area contributed by atoms with Crippen LogP contribution < -0.4 is 5.90 Å². The van der Waals surface area contributed by atoms with Gasteiger partial charge in [0, 0.05) is 0 Å². The van der Waals surface area contributed by atoms with Crippen molar-refractivity contribution < 1.29 is 29.2 Å². The number of hydrogen-bond acceptors (Lipinski definition) is 4. The molecule has 16 heavy (non-hydrogen) atoms. The highest BCUT2D eigenvalue weighted by Crippen LogP contribution is 2.26. The lowest BCUT2D eigenvalue weighted by atomic mass is 10.2. The molecule has 0 atom stereocenters. The molecule has 1 rings (SSSR count). The van der Waals surface area contributed by atoms with E-state index in [1.54, 1.807) is 12.1 Å². The number of benzene rings is 1. The van der Waals surface area contributed by atoms with Gasteiger partial charge in [0.15, 0.2) is 0 Å². The number of aromatic hydroxyl groups is 1. The Bertz CT molecular complexity index is 373. The first kappa shape index (κ1) is 15.5. The van der Waals surface area contributed by atoms with Crippen LogP contribution in [0.2, 0.25) is 0 Å². The minimum atomic E-state index is -4.64. The Hall–Kier alpha value is -0.470. The summed E-state index contributed by atoms with van der Waals surface area (Å²) < 4.78 is 9.55. The average molecular weight is 316 g/mol. The second-order valence-corrected chi connectivity index (χ2v) is 4.49. The van der Waals surface area contributed by atoms with Crippen LogP contribution in [0.3, 0.4) is 0 Å². The third-order valence-corrected chi connectivity index (χ3v) is 1.93. The van der Waals surface area contributed by atoms with Gasteiger partial charge < -0.3 is 19.8 Å². The van der Waals surface area contributed by atoms with Crippen molar-refractivity contribution in [2.75, 3.05) is 0 Å². The number of rotatable bonds is 2. The fourth-order valence-electron chi connectivity index (χ4n) is 0.744. The van der Waals surface area contributed by atoms with Crippen molar-refractivity contribution in [2.45, 2.75) is 6.61 Å². The molecule has 1 aromatic rings. The number of phenols is 1.